The van der Waals surface area contributed by atoms with Gasteiger partial charge in [-0.25, -0.2) is 4.39 Å². The Labute approximate surface area is 224 Å². The first-order chi connectivity index (χ1) is 17.9. The smallest absolute Gasteiger partial charge is 0.226 e. The third kappa shape index (κ3) is 5.35. The van der Waals surface area contributed by atoms with Crippen molar-refractivity contribution in [2.45, 2.75) is 25.4 Å². The molecular formula is C28H24ClFN4O2S. The van der Waals surface area contributed by atoms with E-state index in [4.69, 9.17) is 28.2 Å². The van der Waals surface area contributed by atoms with Crippen LogP contribution >= 0.6 is 23.8 Å². The molecule has 1 fully saturated rings. The van der Waals surface area contributed by atoms with E-state index in [1.807, 2.05) is 60.4 Å². The quantitative estimate of drug-likeness (QED) is 0.266. The highest BCUT2D eigenvalue weighted by Gasteiger charge is 2.41. The number of carbonyl (C=O) groups is 1. The number of para-hydroxylation sites is 1. The topological polar surface area (TPSA) is 70.4 Å². The number of hydrogen-bond donors (Lipinski definition) is 2. The van der Waals surface area contributed by atoms with Crippen molar-refractivity contribution in [3.8, 4) is 11.3 Å². The maximum Gasteiger partial charge on any atom is 0.226 e. The van der Waals surface area contributed by atoms with Crippen LogP contribution in [-0.4, -0.2) is 27.4 Å². The molecule has 1 amide bonds. The Morgan fingerprint density at radius 2 is 1.97 bits per heavy atom. The molecule has 188 valence electrons. The predicted octanol–water partition coefficient (Wildman–Crippen LogP) is 6.44. The first-order valence-electron chi connectivity index (χ1n) is 11.8. The average molecular weight is 535 g/mol. The van der Waals surface area contributed by atoms with Crippen LogP contribution in [0.4, 0.5) is 10.1 Å². The lowest BCUT2D eigenvalue weighted by molar-refractivity contribution is -0.116. The number of pyridine rings is 1. The number of carbonyl (C=O) groups excluding carboxylic acids is 1. The summed E-state index contributed by atoms with van der Waals surface area (Å²) in [5.74, 6) is 0.542. The molecule has 2 aromatic heterocycles. The fourth-order valence-corrected chi connectivity index (χ4v) is 4.88. The van der Waals surface area contributed by atoms with Gasteiger partial charge in [-0.3, -0.25) is 9.78 Å². The zero-order valence-corrected chi connectivity index (χ0v) is 21.5. The molecule has 9 heteroatoms. The second-order valence-electron chi connectivity index (χ2n) is 8.76. The molecule has 0 aliphatic carbocycles. The van der Waals surface area contributed by atoms with E-state index < -0.39 is 5.82 Å². The summed E-state index contributed by atoms with van der Waals surface area (Å²) in [4.78, 5) is 19.1. The molecule has 1 aliphatic heterocycles. The molecule has 0 bridgehead atoms. The van der Waals surface area contributed by atoms with Crippen molar-refractivity contribution in [1.29, 1.82) is 0 Å². The Balaban J connectivity index is 1.41. The Kier molecular flexibility index (Phi) is 7.21. The zero-order chi connectivity index (χ0) is 25.9. The number of thiocarbonyl (C=S) groups is 1. The van der Waals surface area contributed by atoms with Gasteiger partial charge in [0.2, 0.25) is 5.91 Å². The van der Waals surface area contributed by atoms with Crippen LogP contribution in [0.15, 0.2) is 83.4 Å². The highest BCUT2D eigenvalue weighted by Crippen LogP contribution is 2.40. The van der Waals surface area contributed by atoms with E-state index in [0.29, 0.717) is 28.2 Å². The summed E-state index contributed by atoms with van der Waals surface area (Å²) in [5, 5.41) is 7.11. The second-order valence-corrected chi connectivity index (χ2v) is 9.56. The molecule has 0 unspecified atom stereocenters. The van der Waals surface area contributed by atoms with Crippen molar-refractivity contribution in [2.24, 2.45) is 0 Å². The number of halogens is 2. The molecule has 37 heavy (non-hydrogen) atoms. The third-order valence-corrected chi connectivity index (χ3v) is 7.06. The zero-order valence-electron chi connectivity index (χ0n) is 19.9. The highest BCUT2D eigenvalue weighted by atomic mass is 35.5. The molecule has 2 atom stereocenters. The number of furan rings is 1. The molecule has 0 spiro atoms. The maximum atomic E-state index is 14.0. The minimum atomic E-state index is -0.485. The summed E-state index contributed by atoms with van der Waals surface area (Å²) in [6, 6.07) is 20.7. The largest absolute Gasteiger partial charge is 0.459 e. The summed E-state index contributed by atoms with van der Waals surface area (Å²) >= 11 is 12.0. The van der Waals surface area contributed by atoms with Gasteiger partial charge < -0.3 is 20.0 Å². The SMILES string of the molecule is Cc1ccc(-c2ccc([C@H]3[C@H](c4ccccn4)NC(=S)N3CCC(=O)Nc3ccccc3F)o2)cc1Cl. The van der Waals surface area contributed by atoms with E-state index in [0.717, 1.165) is 16.8 Å². The van der Waals surface area contributed by atoms with E-state index >= 15 is 0 Å². The molecule has 1 aliphatic rings. The minimum Gasteiger partial charge on any atom is -0.459 e. The van der Waals surface area contributed by atoms with E-state index in [1.54, 1.807) is 18.3 Å². The molecule has 0 saturated carbocycles. The normalized spacial score (nSPS) is 17.1. The van der Waals surface area contributed by atoms with Crippen LogP contribution < -0.4 is 10.6 Å². The molecule has 3 heterocycles. The molecule has 1 saturated heterocycles. The van der Waals surface area contributed by atoms with Crippen molar-refractivity contribution in [2.75, 3.05) is 11.9 Å². The molecule has 2 aromatic carbocycles. The Bertz CT molecular complexity index is 1450. The van der Waals surface area contributed by atoms with Crippen LogP contribution in [0, 0.1) is 12.7 Å². The number of aromatic nitrogens is 1. The standard InChI is InChI=1S/C28H24ClFN4O2S/c1-17-9-10-18(16-19(17)29)23-11-12-24(36-23)27-26(22-8-4-5-14-31-22)33-28(37)34(27)15-13-25(35)32-21-7-3-2-6-20(21)30/h2-12,14,16,26-27H,13,15H2,1H3,(H,32,35)(H,33,37)/t26-,27-/m0/s1. The van der Waals surface area contributed by atoms with Crippen molar-refractivity contribution >= 4 is 40.5 Å². The summed E-state index contributed by atoms with van der Waals surface area (Å²) in [7, 11) is 0. The van der Waals surface area contributed by atoms with Crippen LogP contribution in [0.3, 0.4) is 0 Å². The van der Waals surface area contributed by atoms with Crippen LogP contribution in [0.2, 0.25) is 5.02 Å². The molecule has 2 N–H and O–H groups in total. The second kappa shape index (κ2) is 10.7. The van der Waals surface area contributed by atoms with Gasteiger partial charge in [-0.2, -0.15) is 0 Å². The van der Waals surface area contributed by atoms with Crippen LogP contribution in [0.5, 0.6) is 0 Å². The summed E-state index contributed by atoms with van der Waals surface area (Å²) in [6.45, 7) is 2.25. The highest BCUT2D eigenvalue weighted by molar-refractivity contribution is 7.80. The first kappa shape index (κ1) is 24.9. The third-order valence-electron chi connectivity index (χ3n) is 6.30. The maximum absolute atomic E-state index is 14.0. The number of anilines is 1. The van der Waals surface area contributed by atoms with Gasteiger partial charge in [-0.05, 0) is 67.2 Å². The van der Waals surface area contributed by atoms with Gasteiger partial charge in [0, 0.05) is 29.7 Å². The van der Waals surface area contributed by atoms with Crippen molar-refractivity contribution in [3.05, 3.63) is 107 Å². The number of aryl methyl sites for hydroxylation is 1. The number of rotatable bonds is 7. The van der Waals surface area contributed by atoms with Gasteiger partial charge in [-0.1, -0.05) is 41.9 Å². The van der Waals surface area contributed by atoms with Gasteiger partial charge in [0.25, 0.3) is 0 Å². The molecule has 0 radical (unpaired) electrons. The van der Waals surface area contributed by atoms with Crippen LogP contribution in [0.25, 0.3) is 11.3 Å². The van der Waals surface area contributed by atoms with E-state index in [-0.39, 0.29) is 30.1 Å². The van der Waals surface area contributed by atoms with Gasteiger partial charge >= 0.3 is 0 Å². The fraction of sp³-hybridized carbons (Fsp3) is 0.179. The summed E-state index contributed by atoms with van der Waals surface area (Å²) in [6.07, 6.45) is 1.83. The number of hydrogen-bond acceptors (Lipinski definition) is 4. The molecule has 5 rings (SSSR count). The first-order valence-corrected chi connectivity index (χ1v) is 12.6. The average Bonchev–Trinajstić information content (AvgIpc) is 3.51. The summed E-state index contributed by atoms with van der Waals surface area (Å²) in [5.41, 5.74) is 2.78. The minimum absolute atomic E-state index is 0.0999. The van der Waals surface area contributed by atoms with E-state index in [2.05, 4.69) is 15.6 Å². The van der Waals surface area contributed by atoms with Gasteiger partial charge in [0.15, 0.2) is 5.11 Å². The number of nitrogens with zero attached hydrogens (tertiary/aromatic N) is 2. The van der Waals surface area contributed by atoms with E-state index in [9.17, 15) is 9.18 Å². The molecule has 4 aromatic rings. The lowest BCUT2D eigenvalue weighted by Gasteiger charge is -2.25. The summed E-state index contributed by atoms with van der Waals surface area (Å²) < 4.78 is 20.3. The Morgan fingerprint density at radius 1 is 1.16 bits per heavy atom. The van der Waals surface area contributed by atoms with Crippen LogP contribution in [0.1, 0.15) is 35.5 Å². The Hall–Kier alpha value is -3.75. The van der Waals surface area contributed by atoms with Crippen molar-refractivity contribution < 1.29 is 13.6 Å². The van der Waals surface area contributed by atoms with Gasteiger partial charge in [0.1, 0.15) is 23.4 Å². The van der Waals surface area contributed by atoms with Gasteiger partial charge in [0.05, 0.1) is 17.4 Å². The van der Waals surface area contributed by atoms with E-state index in [1.165, 1.54) is 12.1 Å². The van der Waals surface area contributed by atoms with Crippen molar-refractivity contribution in [3.63, 3.8) is 0 Å². The van der Waals surface area contributed by atoms with Crippen molar-refractivity contribution in [1.82, 2.24) is 15.2 Å². The van der Waals surface area contributed by atoms with Crippen LogP contribution in [-0.2, 0) is 4.79 Å². The Morgan fingerprint density at radius 3 is 2.73 bits per heavy atom. The molecular weight excluding hydrogens is 511 g/mol. The van der Waals surface area contributed by atoms with Gasteiger partial charge in [-0.15, -0.1) is 0 Å². The molecule has 6 nitrogen and oxygen atoms in total. The number of nitrogens with one attached hydrogen (secondary N) is 2. The number of benzene rings is 2. The lowest BCUT2D eigenvalue weighted by atomic mass is 10.0. The lowest BCUT2D eigenvalue weighted by Crippen LogP contribution is -2.32. The predicted molar refractivity (Wildman–Crippen MR) is 146 cm³/mol. The number of amides is 1. The monoisotopic (exact) mass is 534 g/mol. The fourth-order valence-electron chi connectivity index (χ4n) is 4.37.